The monoisotopic (exact) mass is 172 g/mol. The average Bonchev–Trinajstić information content (AvgIpc) is 2.30. The van der Waals surface area contributed by atoms with E-state index in [4.69, 9.17) is 0 Å². The Balaban J connectivity index is 2.06. The van der Waals surface area contributed by atoms with Crippen LogP contribution >= 0.6 is 0 Å². The predicted octanol–water partition coefficient (Wildman–Crippen LogP) is 2.16. The van der Waals surface area contributed by atoms with Crippen molar-refractivity contribution in [3.63, 3.8) is 0 Å². The molecule has 0 aromatic carbocycles. The van der Waals surface area contributed by atoms with E-state index in [-0.39, 0.29) is 18.9 Å². The molecule has 12 heavy (non-hydrogen) atoms. The van der Waals surface area contributed by atoms with Crippen LogP contribution in [0.2, 0.25) is 0 Å². The Kier molecular flexibility index (Phi) is 1.46. The van der Waals surface area contributed by atoms with E-state index in [1.807, 2.05) is 6.92 Å². The molecule has 0 saturated heterocycles. The van der Waals surface area contributed by atoms with Crippen molar-refractivity contribution in [2.24, 2.45) is 0 Å². The van der Waals surface area contributed by atoms with Gasteiger partial charge in [-0.15, -0.1) is 0 Å². The van der Waals surface area contributed by atoms with Gasteiger partial charge in [0, 0.05) is 19.0 Å². The van der Waals surface area contributed by atoms with E-state index in [2.05, 4.69) is 5.10 Å². The molecule has 0 N–H and O–H groups in total. The zero-order chi connectivity index (χ0) is 8.77. The standard InChI is InChI=1S/C8H10F2N2/c1-6-4-11-12(5-6)7-2-8(9,10)3-7/h4-5,7H,2-3H2,1H3. The van der Waals surface area contributed by atoms with Crippen LogP contribution in [0.15, 0.2) is 12.4 Å². The molecule has 1 fully saturated rings. The predicted molar refractivity (Wildman–Crippen MR) is 40.2 cm³/mol. The van der Waals surface area contributed by atoms with Gasteiger partial charge in [-0.25, -0.2) is 8.78 Å². The minimum Gasteiger partial charge on any atom is -0.269 e. The summed E-state index contributed by atoms with van der Waals surface area (Å²) < 4.78 is 26.5. The maximum absolute atomic E-state index is 12.4. The van der Waals surface area contributed by atoms with Gasteiger partial charge in [0.2, 0.25) is 0 Å². The molecule has 0 spiro atoms. The number of aryl methyl sites for hydroxylation is 1. The second-order valence-electron chi connectivity index (χ2n) is 3.42. The summed E-state index contributed by atoms with van der Waals surface area (Å²) in [7, 11) is 0. The first-order valence-electron chi connectivity index (χ1n) is 3.95. The topological polar surface area (TPSA) is 17.8 Å². The van der Waals surface area contributed by atoms with Crippen molar-refractivity contribution in [2.45, 2.75) is 31.7 Å². The molecule has 1 aromatic rings. The van der Waals surface area contributed by atoms with Crippen molar-refractivity contribution >= 4 is 0 Å². The lowest BCUT2D eigenvalue weighted by molar-refractivity contribution is -0.106. The number of hydrogen-bond acceptors (Lipinski definition) is 1. The van der Waals surface area contributed by atoms with E-state index in [1.54, 1.807) is 17.1 Å². The third kappa shape index (κ3) is 1.21. The van der Waals surface area contributed by atoms with Gasteiger partial charge < -0.3 is 0 Å². The summed E-state index contributed by atoms with van der Waals surface area (Å²) in [5, 5.41) is 3.99. The highest BCUT2D eigenvalue weighted by molar-refractivity contribution is 5.02. The first kappa shape index (κ1) is 7.71. The molecule has 0 aliphatic heterocycles. The van der Waals surface area contributed by atoms with Crippen LogP contribution in [0.5, 0.6) is 0 Å². The fourth-order valence-electron chi connectivity index (χ4n) is 1.45. The van der Waals surface area contributed by atoms with Crippen LogP contribution < -0.4 is 0 Å². The lowest BCUT2D eigenvalue weighted by atomic mass is 9.88. The van der Waals surface area contributed by atoms with E-state index >= 15 is 0 Å². The minimum absolute atomic E-state index is 0.0614. The van der Waals surface area contributed by atoms with Gasteiger partial charge in [0.15, 0.2) is 0 Å². The maximum Gasteiger partial charge on any atom is 0.252 e. The van der Waals surface area contributed by atoms with Crippen molar-refractivity contribution in [2.75, 3.05) is 0 Å². The van der Waals surface area contributed by atoms with Crippen LogP contribution in [0.25, 0.3) is 0 Å². The number of nitrogens with zero attached hydrogens (tertiary/aromatic N) is 2. The van der Waals surface area contributed by atoms with Crippen molar-refractivity contribution in [3.05, 3.63) is 18.0 Å². The smallest absolute Gasteiger partial charge is 0.252 e. The fraction of sp³-hybridized carbons (Fsp3) is 0.625. The maximum atomic E-state index is 12.4. The first-order chi connectivity index (χ1) is 5.57. The normalized spacial score (nSPS) is 22.2. The number of halogens is 2. The van der Waals surface area contributed by atoms with Gasteiger partial charge in [0.05, 0.1) is 12.2 Å². The lowest BCUT2D eigenvalue weighted by Crippen LogP contribution is -2.37. The van der Waals surface area contributed by atoms with E-state index in [0.29, 0.717) is 0 Å². The Bertz CT molecular complexity index is 285. The molecule has 0 amide bonds. The summed E-state index contributed by atoms with van der Waals surface area (Å²) in [6.45, 7) is 1.90. The molecular formula is C8H10F2N2. The van der Waals surface area contributed by atoms with Crippen LogP contribution in [-0.2, 0) is 0 Å². The Morgan fingerprint density at radius 1 is 1.58 bits per heavy atom. The van der Waals surface area contributed by atoms with E-state index in [1.165, 1.54) is 0 Å². The zero-order valence-electron chi connectivity index (χ0n) is 6.80. The van der Waals surface area contributed by atoms with Crippen molar-refractivity contribution in [1.82, 2.24) is 9.78 Å². The molecular weight excluding hydrogens is 162 g/mol. The SMILES string of the molecule is Cc1cnn(C2CC(F)(F)C2)c1. The summed E-state index contributed by atoms with van der Waals surface area (Å²) in [6, 6.07) is -0.0892. The van der Waals surface area contributed by atoms with Crippen molar-refractivity contribution in [3.8, 4) is 0 Å². The first-order valence-corrected chi connectivity index (χ1v) is 3.95. The third-order valence-corrected chi connectivity index (χ3v) is 2.17. The number of aromatic nitrogens is 2. The van der Waals surface area contributed by atoms with Gasteiger partial charge in [-0.3, -0.25) is 4.68 Å². The summed E-state index contributed by atoms with van der Waals surface area (Å²) in [4.78, 5) is 0. The molecule has 0 bridgehead atoms. The summed E-state index contributed by atoms with van der Waals surface area (Å²) in [5.41, 5.74) is 1.02. The molecule has 1 aliphatic rings. The van der Waals surface area contributed by atoms with E-state index in [0.717, 1.165) is 5.56 Å². The van der Waals surface area contributed by atoms with Crippen molar-refractivity contribution in [1.29, 1.82) is 0 Å². The summed E-state index contributed by atoms with van der Waals surface area (Å²) >= 11 is 0. The molecule has 1 heterocycles. The summed E-state index contributed by atoms with van der Waals surface area (Å²) in [6.07, 6.45) is 3.37. The Labute approximate surface area is 69.2 Å². The largest absolute Gasteiger partial charge is 0.269 e. The van der Waals surface area contributed by atoms with Crippen LogP contribution in [-0.4, -0.2) is 15.7 Å². The number of alkyl halides is 2. The zero-order valence-corrected chi connectivity index (χ0v) is 6.80. The highest BCUT2D eigenvalue weighted by atomic mass is 19.3. The molecule has 0 unspecified atom stereocenters. The van der Waals surface area contributed by atoms with Gasteiger partial charge >= 0.3 is 0 Å². The average molecular weight is 172 g/mol. The van der Waals surface area contributed by atoms with E-state index < -0.39 is 5.92 Å². The second-order valence-corrected chi connectivity index (χ2v) is 3.42. The van der Waals surface area contributed by atoms with Crippen LogP contribution in [0.1, 0.15) is 24.4 Å². The highest BCUT2D eigenvalue weighted by Crippen LogP contribution is 2.44. The summed E-state index contributed by atoms with van der Waals surface area (Å²) in [5.74, 6) is -2.45. The van der Waals surface area contributed by atoms with Crippen LogP contribution in [0.3, 0.4) is 0 Å². The molecule has 0 radical (unpaired) electrons. The second kappa shape index (κ2) is 2.28. The quantitative estimate of drug-likeness (QED) is 0.634. The number of hydrogen-bond donors (Lipinski definition) is 0. The highest BCUT2D eigenvalue weighted by Gasteiger charge is 2.46. The molecule has 0 atom stereocenters. The van der Waals surface area contributed by atoms with E-state index in [9.17, 15) is 8.78 Å². The Hall–Kier alpha value is -0.930. The van der Waals surface area contributed by atoms with Crippen molar-refractivity contribution < 1.29 is 8.78 Å². The lowest BCUT2D eigenvalue weighted by Gasteiger charge is -2.34. The molecule has 2 nitrogen and oxygen atoms in total. The Morgan fingerprint density at radius 2 is 2.25 bits per heavy atom. The van der Waals surface area contributed by atoms with Gasteiger partial charge in [-0.2, -0.15) is 5.10 Å². The molecule has 1 saturated carbocycles. The Morgan fingerprint density at radius 3 is 2.67 bits per heavy atom. The molecule has 66 valence electrons. The third-order valence-electron chi connectivity index (χ3n) is 2.17. The number of rotatable bonds is 1. The van der Waals surface area contributed by atoms with Crippen LogP contribution in [0, 0.1) is 6.92 Å². The molecule has 2 rings (SSSR count). The van der Waals surface area contributed by atoms with Gasteiger partial charge in [0.25, 0.3) is 5.92 Å². The fourth-order valence-corrected chi connectivity index (χ4v) is 1.45. The van der Waals surface area contributed by atoms with Gasteiger partial charge in [-0.05, 0) is 12.5 Å². The van der Waals surface area contributed by atoms with Gasteiger partial charge in [-0.1, -0.05) is 0 Å². The van der Waals surface area contributed by atoms with Crippen LogP contribution in [0.4, 0.5) is 8.78 Å². The minimum atomic E-state index is -2.45. The molecule has 1 aliphatic carbocycles. The van der Waals surface area contributed by atoms with Gasteiger partial charge in [0.1, 0.15) is 0 Å². The molecule has 4 heteroatoms. The molecule has 1 aromatic heterocycles.